The fourth-order valence-corrected chi connectivity index (χ4v) is 4.16. The van der Waals surface area contributed by atoms with Crippen LogP contribution in [0, 0.1) is 0 Å². The molecule has 0 spiro atoms. The van der Waals surface area contributed by atoms with E-state index in [1.54, 1.807) is 11.3 Å². The van der Waals surface area contributed by atoms with E-state index in [4.69, 9.17) is 0 Å². The quantitative estimate of drug-likeness (QED) is 0.775. The van der Waals surface area contributed by atoms with E-state index in [1.165, 1.54) is 4.88 Å². The third-order valence-electron chi connectivity index (χ3n) is 2.97. The second-order valence-corrected chi connectivity index (χ2v) is 7.66. The minimum Gasteiger partial charge on any atom is -0.343 e. The molecule has 0 atom stereocenters. The van der Waals surface area contributed by atoms with Crippen LogP contribution in [-0.2, 0) is 11.3 Å². The van der Waals surface area contributed by atoms with Gasteiger partial charge in [-0.2, -0.15) is 0 Å². The van der Waals surface area contributed by atoms with Gasteiger partial charge in [-0.25, -0.2) is 0 Å². The summed E-state index contributed by atoms with van der Waals surface area (Å²) in [7, 11) is 0. The normalized spacial score (nSPS) is 15.3. The van der Waals surface area contributed by atoms with Gasteiger partial charge in [0.1, 0.15) is 0 Å². The van der Waals surface area contributed by atoms with Crippen LogP contribution in [0.2, 0.25) is 0 Å². The summed E-state index contributed by atoms with van der Waals surface area (Å²) < 4.78 is 2.21. The second-order valence-electron chi connectivity index (χ2n) is 4.35. The fourth-order valence-electron chi connectivity index (χ4n) is 2.01. The van der Waals surface area contributed by atoms with Crippen molar-refractivity contribution in [3.63, 3.8) is 0 Å². The van der Waals surface area contributed by atoms with Gasteiger partial charge in [0.15, 0.2) is 0 Å². The van der Waals surface area contributed by atoms with Crippen molar-refractivity contribution >= 4 is 49.1 Å². The number of thiophene rings is 1. The number of halogens is 2. The van der Waals surface area contributed by atoms with E-state index in [-0.39, 0.29) is 5.91 Å². The molecule has 0 radical (unpaired) electrons. The highest BCUT2D eigenvalue weighted by Crippen LogP contribution is 2.32. The number of hydrogen-bond donors (Lipinski definition) is 1. The molecule has 1 aromatic rings. The summed E-state index contributed by atoms with van der Waals surface area (Å²) in [5, 5.41) is 3.32. The maximum Gasteiger partial charge on any atom is 0.223 e. The first-order valence-electron chi connectivity index (χ1n) is 6.09. The summed E-state index contributed by atoms with van der Waals surface area (Å²) in [5.74, 6) is 0.286. The number of carbonyl (C=O) groups is 1. The molecule has 100 valence electrons. The molecule has 1 N–H and O–H groups in total. The Hall–Kier alpha value is 0.0900. The maximum absolute atomic E-state index is 11.8. The van der Waals surface area contributed by atoms with Gasteiger partial charge in [-0.3, -0.25) is 4.79 Å². The van der Waals surface area contributed by atoms with Gasteiger partial charge in [0.2, 0.25) is 5.91 Å². The third kappa shape index (κ3) is 4.05. The van der Waals surface area contributed by atoms with E-state index in [0.29, 0.717) is 6.42 Å². The van der Waals surface area contributed by atoms with Crippen molar-refractivity contribution in [2.24, 2.45) is 0 Å². The topological polar surface area (TPSA) is 32.3 Å². The SMILES string of the molecule is O=C(CCNCc1cc(Br)c(Br)s1)N1CCCC1. The van der Waals surface area contributed by atoms with Gasteiger partial charge in [0, 0.05) is 41.9 Å². The Balaban J connectivity index is 1.65. The first kappa shape index (κ1) is 14.5. The van der Waals surface area contributed by atoms with Gasteiger partial charge < -0.3 is 10.2 Å². The van der Waals surface area contributed by atoms with Crippen LogP contribution < -0.4 is 5.32 Å². The summed E-state index contributed by atoms with van der Waals surface area (Å²) in [4.78, 5) is 15.0. The van der Waals surface area contributed by atoms with Crippen LogP contribution in [-0.4, -0.2) is 30.4 Å². The van der Waals surface area contributed by atoms with Crippen LogP contribution in [0.1, 0.15) is 24.1 Å². The van der Waals surface area contributed by atoms with Gasteiger partial charge in [-0.1, -0.05) is 0 Å². The molecule has 0 bridgehead atoms. The minimum absolute atomic E-state index is 0.286. The minimum atomic E-state index is 0.286. The lowest BCUT2D eigenvalue weighted by molar-refractivity contribution is -0.130. The smallest absolute Gasteiger partial charge is 0.223 e. The fraction of sp³-hybridized carbons (Fsp3) is 0.583. The van der Waals surface area contributed by atoms with Crippen LogP contribution in [0.25, 0.3) is 0 Å². The Bertz CT molecular complexity index is 397. The lowest BCUT2D eigenvalue weighted by Crippen LogP contribution is -2.30. The zero-order chi connectivity index (χ0) is 13.0. The molecule has 1 aliphatic heterocycles. The van der Waals surface area contributed by atoms with Gasteiger partial charge >= 0.3 is 0 Å². The standard InChI is InChI=1S/C12H16Br2N2OS/c13-10-7-9(18-12(10)14)8-15-4-3-11(17)16-5-1-2-6-16/h7,15H,1-6,8H2. The van der Waals surface area contributed by atoms with Crippen molar-refractivity contribution in [2.75, 3.05) is 19.6 Å². The van der Waals surface area contributed by atoms with E-state index < -0.39 is 0 Å². The summed E-state index contributed by atoms with van der Waals surface area (Å²) in [5.41, 5.74) is 0. The predicted octanol–water partition coefficient (Wildman–Crippen LogP) is 3.38. The van der Waals surface area contributed by atoms with Crippen molar-refractivity contribution in [3.8, 4) is 0 Å². The van der Waals surface area contributed by atoms with E-state index in [1.807, 2.05) is 4.90 Å². The Labute approximate surface area is 128 Å². The van der Waals surface area contributed by atoms with Crippen LogP contribution >= 0.6 is 43.2 Å². The highest BCUT2D eigenvalue weighted by molar-refractivity contribution is 9.13. The molecule has 1 amide bonds. The molecule has 1 fully saturated rings. The molecule has 6 heteroatoms. The van der Waals surface area contributed by atoms with Crippen molar-refractivity contribution in [1.82, 2.24) is 10.2 Å². The molecule has 0 saturated carbocycles. The van der Waals surface area contributed by atoms with Crippen molar-refractivity contribution in [2.45, 2.75) is 25.8 Å². The third-order valence-corrected chi connectivity index (χ3v) is 6.23. The lowest BCUT2D eigenvalue weighted by atomic mass is 10.3. The number of rotatable bonds is 5. The molecule has 0 aliphatic carbocycles. The Morgan fingerprint density at radius 2 is 2.11 bits per heavy atom. The summed E-state index contributed by atoms with van der Waals surface area (Å²) >= 11 is 8.65. The van der Waals surface area contributed by atoms with E-state index in [0.717, 1.165) is 47.3 Å². The van der Waals surface area contributed by atoms with Gasteiger partial charge in [-0.15, -0.1) is 11.3 Å². The monoisotopic (exact) mass is 394 g/mol. The molecule has 2 rings (SSSR count). The Kier molecular flexibility index (Phi) is 5.66. The van der Waals surface area contributed by atoms with E-state index in [9.17, 15) is 4.79 Å². The number of carbonyl (C=O) groups excluding carboxylic acids is 1. The molecule has 3 nitrogen and oxygen atoms in total. The van der Waals surface area contributed by atoms with Crippen LogP contribution in [0.15, 0.2) is 14.3 Å². The van der Waals surface area contributed by atoms with Gasteiger partial charge in [0.25, 0.3) is 0 Å². The van der Waals surface area contributed by atoms with E-state index in [2.05, 4.69) is 43.2 Å². The summed E-state index contributed by atoms with van der Waals surface area (Å²) in [6, 6.07) is 2.10. The molecule has 1 saturated heterocycles. The lowest BCUT2D eigenvalue weighted by Gasteiger charge is -2.14. The van der Waals surface area contributed by atoms with E-state index >= 15 is 0 Å². The number of nitrogens with zero attached hydrogens (tertiary/aromatic N) is 1. The maximum atomic E-state index is 11.8. The van der Waals surface area contributed by atoms with Crippen LogP contribution in [0.3, 0.4) is 0 Å². The predicted molar refractivity (Wildman–Crippen MR) is 81.9 cm³/mol. The Morgan fingerprint density at radius 1 is 1.39 bits per heavy atom. The zero-order valence-electron chi connectivity index (χ0n) is 10.0. The second kappa shape index (κ2) is 7.03. The molecule has 0 aromatic carbocycles. The Morgan fingerprint density at radius 3 is 2.72 bits per heavy atom. The summed E-state index contributed by atoms with van der Waals surface area (Å²) in [6.07, 6.45) is 2.93. The summed E-state index contributed by atoms with van der Waals surface area (Å²) in [6.45, 7) is 3.47. The molecule has 1 aromatic heterocycles. The van der Waals surface area contributed by atoms with Crippen molar-refractivity contribution in [3.05, 3.63) is 19.2 Å². The van der Waals surface area contributed by atoms with Gasteiger partial charge in [0.05, 0.1) is 3.79 Å². The number of hydrogen-bond acceptors (Lipinski definition) is 3. The molecular weight excluding hydrogens is 380 g/mol. The molecular formula is C12H16Br2N2OS. The van der Waals surface area contributed by atoms with Crippen molar-refractivity contribution in [1.29, 1.82) is 0 Å². The number of likely N-dealkylation sites (tertiary alicyclic amines) is 1. The zero-order valence-corrected chi connectivity index (χ0v) is 14.0. The van der Waals surface area contributed by atoms with Crippen LogP contribution in [0.5, 0.6) is 0 Å². The molecule has 2 heterocycles. The van der Waals surface area contributed by atoms with Crippen molar-refractivity contribution < 1.29 is 4.79 Å². The molecule has 0 unspecified atom stereocenters. The van der Waals surface area contributed by atoms with Gasteiger partial charge in [-0.05, 0) is 50.8 Å². The average Bonchev–Trinajstić information content (AvgIpc) is 2.96. The highest BCUT2D eigenvalue weighted by atomic mass is 79.9. The first-order chi connectivity index (χ1) is 8.66. The average molecular weight is 396 g/mol. The largest absolute Gasteiger partial charge is 0.343 e. The molecule has 18 heavy (non-hydrogen) atoms. The first-order valence-corrected chi connectivity index (χ1v) is 8.49. The number of nitrogens with one attached hydrogen (secondary N) is 1. The number of amides is 1. The van der Waals surface area contributed by atoms with Crippen LogP contribution in [0.4, 0.5) is 0 Å². The molecule has 1 aliphatic rings. The highest BCUT2D eigenvalue weighted by Gasteiger charge is 2.16.